The van der Waals surface area contributed by atoms with Crippen LogP contribution in [0.4, 0.5) is 5.69 Å². The number of benzene rings is 3. The van der Waals surface area contributed by atoms with E-state index in [4.69, 9.17) is 15.3 Å². The Morgan fingerprint density at radius 3 is 2.46 bits per heavy atom. The number of rotatable bonds is 12. The number of carboxylic acid groups (broad SMARTS) is 1. The highest BCUT2D eigenvalue weighted by Crippen LogP contribution is 2.44. The van der Waals surface area contributed by atoms with Gasteiger partial charge in [-0.2, -0.15) is 0 Å². The van der Waals surface area contributed by atoms with E-state index in [1.165, 1.54) is 16.0 Å². The molecule has 48 heavy (non-hydrogen) atoms. The first-order valence-electron chi connectivity index (χ1n) is 16.0. The molecule has 0 aliphatic carbocycles. The van der Waals surface area contributed by atoms with Crippen LogP contribution in [0.2, 0.25) is 0 Å². The quantitative estimate of drug-likeness (QED) is 0.141. The minimum atomic E-state index is -3.82. The van der Waals surface area contributed by atoms with E-state index in [0.717, 1.165) is 10.8 Å². The van der Waals surface area contributed by atoms with Crippen LogP contribution in [-0.2, 0) is 19.4 Å². The summed E-state index contributed by atoms with van der Waals surface area (Å²) >= 11 is 0. The summed E-state index contributed by atoms with van der Waals surface area (Å²) in [5.41, 5.74) is 1.28. The Labute approximate surface area is 281 Å². The van der Waals surface area contributed by atoms with Crippen LogP contribution in [0.1, 0.15) is 64.3 Å². The summed E-state index contributed by atoms with van der Waals surface area (Å²) in [6.45, 7) is 9.21. The van der Waals surface area contributed by atoms with E-state index in [9.17, 15) is 23.1 Å². The van der Waals surface area contributed by atoms with Gasteiger partial charge in [0.1, 0.15) is 6.04 Å². The number of nitrogens with zero attached hydrogens (tertiary/aromatic N) is 3. The van der Waals surface area contributed by atoms with Crippen molar-refractivity contribution in [2.45, 2.75) is 69.4 Å². The van der Waals surface area contributed by atoms with Gasteiger partial charge in [0.25, 0.3) is 5.91 Å². The average Bonchev–Trinajstić information content (AvgIpc) is 3.51. The van der Waals surface area contributed by atoms with Crippen LogP contribution in [0, 0.1) is 5.92 Å². The van der Waals surface area contributed by atoms with Crippen molar-refractivity contribution in [2.24, 2.45) is 11.8 Å². The summed E-state index contributed by atoms with van der Waals surface area (Å²) in [5, 5.41) is 12.7. The molecule has 1 aromatic heterocycles. The number of carbonyl (C=O) groups is 2. The Morgan fingerprint density at radius 1 is 1.02 bits per heavy atom. The van der Waals surface area contributed by atoms with Crippen molar-refractivity contribution in [3.05, 3.63) is 90.3 Å². The van der Waals surface area contributed by atoms with E-state index in [0.29, 0.717) is 29.4 Å². The van der Waals surface area contributed by atoms with Gasteiger partial charge in [-0.1, -0.05) is 30.3 Å². The number of fused-ring (bicyclic) bond motifs is 1. The second-order valence-electron chi connectivity index (χ2n) is 12.4. The minimum absolute atomic E-state index is 0.00839. The van der Waals surface area contributed by atoms with E-state index in [1.54, 1.807) is 68.7 Å². The van der Waals surface area contributed by atoms with Gasteiger partial charge in [0, 0.05) is 24.3 Å². The van der Waals surface area contributed by atoms with Crippen molar-refractivity contribution >= 4 is 38.2 Å². The Balaban J connectivity index is 1.67. The van der Waals surface area contributed by atoms with Crippen molar-refractivity contribution in [3.63, 3.8) is 0 Å². The van der Waals surface area contributed by atoms with Crippen molar-refractivity contribution in [1.29, 1.82) is 0 Å². The summed E-state index contributed by atoms with van der Waals surface area (Å²) in [5.74, 6) is 5.15. The average molecular weight is 675 g/mol. The normalized spacial score (nSPS) is 17.1. The molecule has 0 spiro atoms. The summed E-state index contributed by atoms with van der Waals surface area (Å²) in [6.07, 6.45) is 3.40. The van der Waals surface area contributed by atoms with Crippen LogP contribution < -0.4 is 20.3 Å². The second-order valence-corrected chi connectivity index (χ2v) is 14.8. The predicted molar refractivity (Wildman–Crippen MR) is 183 cm³/mol. The third-order valence-corrected chi connectivity index (χ3v) is 10.8. The lowest BCUT2D eigenvalue weighted by molar-refractivity contribution is -0.143. The molecule has 1 fully saturated rings. The molecule has 1 saturated heterocycles. The molecule has 0 saturated carbocycles. The maximum atomic E-state index is 15.0. The van der Waals surface area contributed by atoms with Crippen molar-refractivity contribution in [1.82, 2.24) is 9.88 Å². The number of likely N-dealkylation sites (tertiary alicyclic amines) is 1. The number of ether oxygens (including phenoxy) is 2. The molecule has 12 heteroatoms. The highest BCUT2D eigenvalue weighted by atomic mass is 32.2. The van der Waals surface area contributed by atoms with E-state index >= 15 is 0 Å². The molecule has 3 atom stereocenters. The molecule has 1 aliphatic heterocycles. The van der Waals surface area contributed by atoms with E-state index in [-0.39, 0.29) is 29.5 Å². The van der Waals surface area contributed by atoms with Crippen LogP contribution in [0.5, 0.6) is 11.5 Å². The fourth-order valence-electron chi connectivity index (χ4n) is 6.19. The number of carboxylic acids is 1. The number of hydrogen-bond acceptors (Lipinski definition) is 9. The van der Waals surface area contributed by atoms with Crippen LogP contribution in [-0.4, -0.2) is 59.8 Å². The maximum absolute atomic E-state index is 15.0. The minimum Gasteiger partial charge on any atom is -0.490 e. The number of hydrazine groups is 1. The molecule has 254 valence electrons. The number of amides is 1. The standard InChI is InChI=1S/C36H42N4O7S/c1-6-46-31-20-25(12-14-30(31)47-22(2)3)33(40(37)27-13-11-26-21-38-17-15-24(26)19-27)35(41)39-18-16-29(36(42)43)34(39)28-9-7-8-10-32(28)48(44,45)23(4)5/h7-15,17,19-23,29,33-34H,6,16,18,37H2,1-5H3,(H,42,43). The van der Waals surface area contributed by atoms with Gasteiger partial charge in [0.2, 0.25) is 0 Å². The number of aliphatic carboxylic acids is 1. The van der Waals surface area contributed by atoms with Gasteiger partial charge in [-0.05, 0) is 94.0 Å². The molecule has 11 nitrogen and oxygen atoms in total. The molecular formula is C36H42N4O7S. The fourth-order valence-corrected chi connectivity index (χ4v) is 7.49. The van der Waals surface area contributed by atoms with Crippen LogP contribution >= 0.6 is 0 Å². The molecule has 3 unspecified atom stereocenters. The molecule has 3 aromatic carbocycles. The van der Waals surface area contributed by atoms with Gasteiger partial charge < -0.3 is 19.5 Å². The Bertz CT molecular complexity index is 1910. The zero-order valence-corrected chi connectivity index (χ0v) is 28.6. The Morgan fingerprint density at radius 2 is 1.77 bits per heavy atom. The largest absolute Gasteiger partial charge is 0.490 e. The Kier molecular flexibility index (Phi) is 10.3. The lowest BCUT2D eigenvalue weighted by atomic mass is 9.93. The lowest BCUT2D eigenvalue weighted by Gasteiger charge is -2.36. The maximum Gasteiger partial charge on any atom is 0.309 e. The third kappa shape index (κ3) is 6.81. The van der Waals surface area contributed by atoms with Crippen LogP contribution in [0.15, 0.2) is 84.0 Å². The Hall–Kier alpha value is -4.68. The molecule has 5 rings (SSSR count). The first-order valence-corrected chi connectivity index (χ1v) is 17.6. The number of nitrogens with two attached hydrogens (primary N) is 1. The topological polar surface area (TPSA) is 152 Å². The zero-order chi connectivity index (χ0) is 34.7. The molecule has 1 amide bonds. The number of carbonyl (C=O) groups excluding carboxylic acids is 1. The lowest BCUT2D eigenvalue weighted by Crippen LogP contribution is -2.47. The number of pyridine rings is 1. The monoisotopic (exact) mass is 674 g/mol. The van der Waals surface area contributed by atoms with Crippen LogP contribution in [0.25, 0.3) is 10.8 Å². The number of anilines is 1. The highest BCUT2D eigenvalue weighted by Gasteiger charge is 2.47. The van der Waals surface area contributed by atoms with Gasteiger partial charge in [-0.15, -0.1) is 0 Å². The van der Waals surface area contributed by atoms with Crippen molar-refractivity contribution < 1.29 is 32.6 Å². The molecule has 1 aliphatic rings. The second kappa shape index (κ2) is 14.2. The smallest absolute Gasteiger partial charge is 0.309 e. The zero-order valence-electron chi connectivity index (χ0n) is 27.7. The summed E-state index contributed by atoms with van der Waals surface area (Å²) < 4.78 is 38.9. The van der Waals surface area contributed by atoms with Gasteiger partial charge in [0.15, 0.2) is 21.3 Å². The van der Waals surface area contributed by atoms with Crippen LogP contribution in [0.3, 0.4) is 0 Å². The third-order valence-electron chi connectivity index (χ3n) is 8.54. The van der Waals surface area contributed by atoms with E-state index in [2.05, 4.69) is 4.98 Å². The molecule has 3 N–H and O–H groups in total. The first-order chi connectivity index (χ1) is 22.8. The summed E-state index contributed by atoms with van der Waals surface area (Å²) in [4.78, 5) is 33.3. The van der Waals surface area contributed by atoms with Crippen molar-refractivity contribution in [2.75, 3.05) is 18.2 Å². The van der Waals surface area contributed by atoms with Gasteiger partial charge in [-0.25, -0.2) is 14.3 Å². The predicted octanol–water partition coefficient (Wildman–Crippen LogP) is 5.70. The molecule has 2 heterocycles. The fraction of sp³-hybridized carbons (Fsp3) is 0.361. The number of hydrogen-bond donors (Lipinski definition) is 2. The van der Waals surface area contributed by atoms with Gasteiger partial charge in [-0.3, -0.25) is 19.6 Å². The van der Waals surface area contributed by atoms with Crippen molar-refractivity contribution in [3.8, 4) is 11.5 Å². The number of sulfone groups is 1. The molecular weight excluding hydrogens is 632 g/mol. The SMILES string of the molecule is CCOc1cc(C(C(=O)N2CCC(C(=O)O)C2c2ccccc2S(=O)(=O)C(C)C)N(N)c2ccc3cnccc3c2)ccc1OC(C)C. The highest BCUT2D eigenvalue weighted by molar-refractivity contribution is 7.92. The number of aromatic nitrogens is 1. The molecule has 0 radical (unpaired) electrons. The van der Waals surface area contributed by atoms with Gasteiger partial charge in [0.05, 0.1) is 40.5 Å². The van der Waals surface area contributed by atoms with E-state index < -0.39 is 45.0 Å². The summed E-state index contributed by atoms with van der Waals surface area (Å²) in [7, 11) is -3.82. The summed E-state index contributed by atoms with van der Waals surface area (Å²) in [6, 6.07) is 16.6. The molecule has 4 aromatic rings. The molecule has 0 bridgehead atoms. The van der Waals surface area contributed by atoms with Gasteiger partial charge >= 0.3 is 5.97 Å². The van der Waals surface area contributed by atoms with E-state index in [1.807, 2.05) is 39.0 Å². The first kappa shape index (κ1) is 34.6.